The largest absolute Gasteiger partial charge is 0.493 e. The molecule has 0 radical (unpaired) electrons. The maximum absolute atomic E-state index is 5.65. The number of hydrogen-bond donors (Lipinski definition) is 2. The van der Waals surface area contributed by atoms with Crippen LogP contribution >= 0.6 is 0 Å². The summed E-state index contributed by atoms with van der Waals surface area (Å²) >= 11 is 0. The van der Waals surface area contributed by atoms with Crippen LogP contribution in [0.2, 0.25) is 0 Å². The second-order valence-electron chi connectivity index (χ2n) is 4.88. The van der Waals surface area contributed by atoms with Crippen molar-refractivity contribution in [3.05, 3.63) is 11.9 Å². The lowest BCUT2D eigenvalue weighted by Gasteiger charge is -2.30. The van der Waals surface area contributed by atoms with Gasteiger partial charge in [0.05, 0.1) is 25.0 Å². The van der Waals surface area contributed by atoms with E-state index in [-0.39, 0.29) is 11.5 Å². The molecular weight excluding hydrogens is 204 g/mol. The maximum Gasteiger partial charge on any atom is 0.161 e. The van der Waals surface area contributed by atoms with Gasteiger partial charge in [0.15, 0.2) is 5.75 Å². The Morgan fingerprint density at radius 1 is 1.56 bits per heavy atom. The number of ether oxygens (including phenoxy) is 1. The number of hydrazine groups is 1. The molecule has 0 bridgehead atoms. The second kappa shape index (κ2) is 4.84. The molecule has 1 rings (SSSR count). The zero-order valence-electron chi connectivity index (χ0n) is 10.7. The second-order valence-corrected chi connectivity index (χ2v) is 4.88. The first-order valence-corrected chi connectivity index (χ1v) is 5.51. The lowest BCUT2D eigenvalue weighted by Crippen LogP contribution is -2.38. The van der Waals surface area contributed by atoms with Crippen LogP contribution in [0.4, 0.5) is 0 Å². The summed E-state index contributed by atoms with van der Waals surface area (Å²) < 4.78 is 7.24. The van der Waals surface area contributed by atoms with Crippen LogP contribution in [-0.2, 0) is 6.54 Å². The molecule has 3 N–H and O–H groups in total. The molecule has 0 aromatic carbocycles. The van der Waals surface area contributed by atoms with Crippen molar-refractivity contribution in [1.29, 1.82) is 0 Å². The highest BCUT2D eigenvalue weighted by Gasteiger charge is 2.31. The number of aromatic nitrogens is 2. The van der Waals surface area contributed by atoms with Crippen LogP contribution in [0.3, 0.4) is 0 Å². The summed E-state index contributed by atoms with van der Waals surface area (Å²) in [5.41, 5.74) is 3.85. The van der Waals surface area contributed by atoms with Gasteiger partial charge in [-0.2, -0.15) is 5.10 Å². The number of hydrogen-bond acceptors (Lipinski definition) is 4. The molecule has 0 spiro atoms. The molecule has 0 amide bonds. The highest BCUT2D eigenvalue weighted by atomic mass is 16.5. The molecule has 0 aliphatic carbocycles. The Kier molecular flexibility index (Phi) is 3.93. The number of nitrogens with two attached hydrogens (primary N) is 1. The van der Waals surface area contributed by atoms with E-state index in [4.69, 9.17) is 10.6 Å². The molecule has 1 aromatic heterocycles. The topological polar surface area (TPSA) is 65.1 Å². The van der Waals surface area contributed by atoms with Crippen LogP contribution in [-0.4, -0.2) is 16.9 Å². The van der Waals surface area contributed by atoms with Crippen molar-refractivity contribution in [2.45, 2.75) is 40.3 Å². The lowest BCUT2D eigenvalue weighted by molar-refractivity contribution is 0.253. The maximum atomic E-state index is 5.65. The van der Waals surface area contributed by atoms with E-state index in [1.54, 1.807) is 13.3 Å². The third-order valence-electron chi connectivity index (χ3n) is 2.67. The van der Waals surface area contributed by atoms with E-state index in [1.807, 2.05) is 11.6 Å². The highest BCUT2D eigenvalue weighted by molar-refractivity contribution is 5.29. The minimum absolute atomic E-state index is 0.00454. The summed E-state index contributed by atoms with van der Waals surface area (Å²) in [4.78, 5) is 0. The predicted molar refractivity (Wildman–Crippen MR) is 64.0 cm³/mol. The van der Waals surface area contributed by atoms with E-state index in [0.29, 0.717) is 0 Å². The van der Waals surface area contributed by atoms with Gasteiger partial charge in [-0.3, -0.25) is 16.0 Å². The number of aryl methyl sites for hydroxylation is 1. The molecule has 0 saturated carbocycles. The molecule has 0 aliphatic rings. The number of nitrogens with zero attached hydrogens (tertiary/aromatic N) is 2. The molecule has 92 valence electrons. The van der Waals surface area contributed by atoms with Gasteiger partial charge < -0.3 is 4.74 Å². The van der Waals surface area contributed by atoms with E-state index in [9.17, 15) is 0 Å². The van der Waals surface area contributed by atoms with Gasteiger partial charge >= 0.3 is 0 Å². The average Bonchev–Trinajstić information content (AvgIpc) is 2.60. The van der Waals surface area contributed by atoms with Gasteiger partial charge in [0.1, 0.15) is 0 Å². The van der Waals surface area contributed by atoms with Gasteiger partial charge in [0.25, 0.3) is 0 Å². The first-order valence-electron chi connectivity index (χ1n) is 5.51. The Morgan fingerprint density at radius 2 is 2.19 bits per heavy atom. The third kappa shape index (κ3) is 2.36. The lowest BCUT2D eigenvalue weighted by atomic mass is 9.85. The molecule has 1 heterocycles. The standard InChI is InChI=1S/C11H22N4O/c1-6-15-9(8(16-5)7-13-15)10(14-12)11(2,3)4/h7,10,14H,6,12H2,1-5H3. The summed E-state index contributed by atoms with van der Waals surface area (Å²) in [7, 11) is 1.65. The van der Waals surface area contributed by atoms with Crippen LogP contribution in [0.5, 0.6) is 5.75 Å². The fraction of sp³-hybridized carbons (Fsp3) is 0.727. The Morgan fingerprint density at radius 3 is 2.56 bits per heavy atom. The van der Waals surface area contributed by atoms with Crippen molar-refractivity contribution >= 4 is 0 Å². The minimum Gasteiger partial charge on any atom is -0.493 e. The van der Waals surface area contributed by atoms with Crippen LogP contribution in [0.1, 0.15) is 39.4 Å². The molecule has 0 aliphatic heterocycles. The first-order chi connectivity index (χ1) is 7.45. The fourth-order valence-electron chi connectivity index (χ4n) is 1.82. The van der Waals surface area contributed by atoms with Gasteiger partial charge in [-0.1, -0.05) is 20.8 Å². The van der Waals surface area contributed by atoms with Crippen molar-refractivity contribution in [3.8, 4) is 5.75 Å². The number of rotatable bonds is 4. The summed E-state index contributed by atoms with van der Waals surface area (Å²) in [6, 6.07) is 0.00454. The SMILES string of the molecule is CCn1ncc(OC)c1C(NN)C(C)(C)C. The zero-order chi connectivity index (χ0) is 12.3. The Hall–Kier alpha value is -1.07. The molecule has 0 saturated heterocycles. The molecule has 16 heavy (non-hydrogen) atoms. The Balaban J connectivity index is 3.21. The van der Waals surface area contributed by atoms with Crippen molar-refractivity contribution in [1.82, 2.24) is 15.2 Å². The monoisotopic (exact) mass is 226 g/mol. The quantitative estimate of drug-likeness (QED) is 0.602. The van der Waals surface area contributed by atoms with Crippen molar-refractivity contribution in [2.75, 3.05) is 7.11 Å². The number of nitrogens with one attached hydrogen (secondary N) is 1. The third-order valence-corrected chi connectivity index (χ3v) is 2.67. The van der Waals surface area contributed by atoms with Gasteiger partial charge in [-0.05, 0) is 12.3 Å². The molecule has 5 nitrogen and oxygen atoms in total. The zero-order valence-corrected chi connectivity index (χ0v) is 10.7. The molecule has 1 atom stereocenters. The van der Waals surface area contributed by atoms with Crippen molar-refractivity contribution < 1.29 is 4.74 Å². The highest BCUT2D eigenvalue weighted by Crippen LogP contribution is 2.36. The Labute approximate surface area is 96.9 Å². The van der Waals surface area contributed by atoms with Gasteiger partial charge in [-0.25, -0.2) is 0 Å². The van der Waals surface area contributed by atoms with E-state index in [2.05, 4.69) is 31.3 Å². The molecule has 0 fully saturated rings. The van der Waals surface area contributed by atoms with Crippen LogP contribution in [0.15, 0.2) is 6.20 Å². The van der Waals surface area contributed by atoms with Crippen LogP contribution < -0.4 is 16.0 Å². The smallest absolute Gasteiger partial charge is 0.161 e. The summed E-state index contributed by atoms with van der Waals surface area (Å²) in [6.45, 7) is 9.23. The normalized spacial score (nSPS) is 13.9. The Bertz CT molecular complexity index is 319. The van der Waals surface area contributed by atoms with Gasteiger partial charge in [-0.15, -0.1) is 0 Å². The molecule has 1 unspecified atom stereocenters. The first kappa shape index (κ1) is 13.0. The fourth-order valence-corrected chi connectivity index (χ4v) is 1.82. The van der Waals surface area contributed by atoms with Crippen LogP contribution in [0, 0.1) is 5.41 Å². The van der Waals surface area contributed by atoms with Crippen LogP contribution in [0.25, 0.3) is 0 Å². The van der Waals surface area contributed by atoms with Crippen molar-refractivity contribution in [2.24, 2.45) is 11.3 Å². The molecule has 1 aromatic rings. The van der Waals surface area contributed by atoms with E-state index >= 15 is 0 Å². The average molecular weight is 226 g/mol. The minimum atomic E-state index is -0.00498. The van der Waals surface area contributed by atoms with E-state index in [0.717, 1.165) is 18.0 Å². The molecule has 5 heteroatoms. The van der Waals surface area contributed by atoms with Crippen molar-refractivity contribution in [3.63, 3.8) is 0 Å². The summed E-state index contributed by atoms with van der Waals surface area (Å²) in [5.74, 6) is 6.43. The van der Waals surface area contributed by atoms with Gasteiger partial charge in [0.2, 0.25) is 0 Å². The summed E-state index contributed by atoms with van der Waals surface area (Å²) in [5, 5.41) is 4.28. The predicted octanol–water partition coefficient (Wildman–Crippen LogP) is 1.46. The summed E-state index contributed by atoms with van der Waals surface area (Å²) in [6.07, 6.45) is 1.73. The van der Waals surface area contributed by atoms with Gasteiger partial charge in [0, 0.05) is 6.54 Å². The molecular formula is C11H22N4O. The number of methoxy groups -OCH3 is 1. The van der Waals surface area contributed by atoms with E-state index < -0.39 is 0 Å². The van der Waals surface area contributed by atoms with E-state index in [1.165, 1.54) is 0 Å².